The van der Waals surface area contributed by atoms with Crippen molar-refractivity contribution in [2.45, 2.75) is 19.9 Å². The summed E-state index contributed by atoms with van der Waals surface area (Å²) in [5.74, 6) is -0.743. The maximum atomic E-state index is 11.2. The minimum Gasteiger partial charge on any atom is -0.480 e. The molecule has 1 N–H and O–H groups in total. The molecule has 0 spiro atoms. The molecule has 1 aromatic rings. The molecule has 2 heterocycles. The molecule has 1 aliphatic rings. The predicted molar refractivity (Wildman–Crippen MR) is 60.0 cm³/mol. The van der Waals surface area contributed by atoms with Crippen LogP contribution >= 0.6 is 11.3 Å². The van der Waals surface area contributed by atoms with E-state index in [1.807, 2.05) is 22.4 Å². The predicted octanol–water partition coefficient (Wildman–Crippen LogP) is 2.22. The molecule has 1 fully saturated rings. The largest absolute Gasteiger partial charge is 0.480 e. The first-order valence-electron chi connectivity index (χ1n) is 5.00. The lowest BCUT2D eigenvalue weighted by atomic mass is 9.83. The van der Waals surface area contributed by atoms with Crippen molar-refractivity contribution < 1.29 is 9.90 Å². The molecule has 15 heavy (non-hydrogen) atoms. The molecule has 0 saturated carbocycles. The van der Waals surface area contributed by atoms with E-state index in [1.165, 1.54) is 11.3 Å². The third-order valence-corrected chi connectivity index (χ3v) is 3.60. The molecule has 1 saturated heterocycles. The number of hydrogen-bond acceptors (Lipinski definition) is 3. The Hall–Kier alpha value is -0.870. The molecule has 0 bridgehead atoms. The Labute approximate surface area is 93.3 Å². The van der Waals surface area contributed by atoms with Gasteiger partial charge in [0.1, 0.15) is 6.04 Å². The van der Waals surface area contributed by atoms with Crippen molar-refractivity contribution in [2.75, 3.05) is 13.1 Å². The van der Waals surface area contributed by atoms with Gasteiger partial charge >= 0.3 is 5.97 Å². The van der Waals surface area contributed by atoms with Gasteiger partial charge in [-0.25, -0.2) is 0 Å². The van der Waals surface area contributed by atoms with Crippen molar-refractivity contribution >= 4 is 17.3 Å². The molecular formula is C11H15NO2S. The number of rotatable bonds is 3. The highest BCUT2D eigenvalue weighted by Gasteiger charge is 2.41. The Kier molecular flexibility index (Phi) is 2.56. The summed E-state index contributed by atoms with van der Waals surface area (Å²) in [6, 6.07) is 3.35. The van der Waals surface area contributed by atoms with Gasteiger partial charge in [-0.15, -0.1) is 11.3 Å². The smallest absolute Gasteiger partial charge is 0.326 e. The Morgan fingerprint density at radius 3 is 2.67 bits per heavy atom. The highest BCUT2D eigenvalue weighted by atomic mass is 32.1. The maximum Gasteiger partial charge on any atom is 0.326 e. The van der Waals surface area contributed by atoms with Gasteiger partial charge in [0.25, 0.3) is 0 Å². The van der Waals surface area contributed by atoms with Crippen LogP contribution in [-0.4, -0.2) is 29.1 Å². The Morgan fingerprint density at radius 1 is 1.60 bits per heavy atom. The van der Waals surface area contributed by atoms with Crippen LogP contribution in [-0.2, 0) is 4.79 Å². The Morgan fingerprint density at radius 2 is 2.27 bits per heavy atom. The second-order valence-electron chi connectivity index (χ2n) is 4.83. The van der Waals surface area contributed by atoms with Gasteiger partial charge in [-0.3, -0.25) is 9.69 Å². The zero-order chi connectivity index (χ0) is 11.1. The van der Waals surface area contributed by atoms with Crippen LogP contribution in [0.4, 0.5) is 0 Å². The van der Waals surface area contributed by atoms with Crippen molar-refractivity contribution in [1.29, 1.82) is 0 Å². The highest BCUT2D eigenvalue weighted by molar-refractivity contribution is 7.10. The van der Waals surface area contributed by atoms with E-state index in [9.17, 15) is 9.90 Å². The van der Waals surface area contributed by atoms with E-state index in [4.69, 9.17) is 0 Å². The van der Waals surface area contributed by atoms with E-state index < -0.39 is 12.0 Å². The molecule has 1 aromatic heterocycles. The van der Waals surface area contributed by atoms with E-state index in [-0.39, 0.29) is 5.41 Å². The molecule has 3 nitrogen and oxygen atoms in total. The zero-order valence-corrected chi connectivity index (χ0v) is 9.75. The Balaban J connectivity index is 2.13. The van der Waals surface area contributed by atoms with E-state index >= 15 is 0 Å². The van der Waals surface area contributed by atoms with Crippen molar-refractivity contribution in [3.05, 3.63) is 22.4 Å². The maximum absolute atomic E-state index is 11.2. The molecule has 0 aromatic carbocycles. The SMILES string of the molecule is CC1(C)CN(C(C(=O)O)c2cccs2)C1. The summed E-state index contributed by atoms with van der Waals surface area (Å²) in [5.41, 5.74) is 0.269. The number of thiophene rings is 1. The molecule has 2 rings (SSSR count). The number of carboxylic acid groups (broad SMARTS) is 1. The summed E-state index contributed by atoms with van der Waals surface area (Å²) in [6.07, 6.45) is 0. The number of likely N-dealkylation sites (tertiary alicyclic amines) is 1. The van der Waals surface area contributed by atoms with E-state index in [2.05, 4.69) is 13.8 Å². The monoisotopic (exact) mass is 225 g/mol. The molecule has 82 valence electrons. The van der Waals surface area contributed by atoms with Crippen LogP contribution in [0.25, 0.3) is 0 Å². The topological polar surface area (TPSA) is 40.5 Å². The number of carboxylic acids is 1. The van der Waals surface area contributed by atoms with Crippen LogP contribution < -0.4 is 0 Å². The summed E-state index contributed by atoms with van der Waals surface area (Å²) in [4.78, 5) is 14.2. The van der Waals surface area contributed by atoms with Crippen molar-refractivity contribution in [2.24, 2.45) is 5.41 Å². The van der Waals surface area contributed by atoms with Gasteiger partial charge in [0, 0.05) is 18.0 Å². The number of carbonyl (C=O) groups is 1. The van der Waals surface area contributed by atoms with Gasteiger partial charge in [0.15, 0.2) is 0 Å². The van der Waals surface area contributed by atoms with Crippen molar-refractivity contribution in [3.63, 3.8) is 0 Å². The van der Waals surface area contributed by atoms with E-state index in [0.717, 1.165) is 18.0 Å². The van der Waals surface area contributed by atoms with Crippen LogP contribution in [0.15, 0.2) is 17.5 Å². The quantitative estimate of drug-likeness (QED) is 0.857. The lowest BCUT2D eigenvalue weighted by molar-refractivity contribution is -0.148. The van der Waals surface area contributed by atoms with Crippen LogP contribution in [0.3, 0.4) is 0 Å². The zero-order valence-electron chi connectivity index (χ0n) is 8.93. The molecule has 1 unspecified atom stereocenters. The van der Waals surface area contributed by atoms with Crippen LogP contribution in [0, 0.1) is 5.41 Å². The number of hydrogen-bond donors (Lipinski definition) is 1. The van der Waals surface area contributed by atoms with E-state index in [0.29, 0.717) is 0 Å². The average Bonchev–Trinajstić information content (AvgIpc) is 2.53. The summed E-state index contributed by atoms with van der Waals surface area (Å²) in [6.45, 7) is 6.05. The summed E-state index contributed by atoms with van der Waals surface area (Å²) in [7, 11) is 0. The third-order valence-electron chi connectivity index (χ3n) is 2.67. The third kappa shape index (κ3) is 2.06. The fraction of sp³-hybridized carbons (Fsp3) is 0.545. The molecule has 0 aliphatic carbocycles. The second kappa shape index (κ2) is 3.61. The standard InChI is InChI=1S/C11H15NO2S/c1-11(2)6-12(7-11)9(10(13)14)8-4-3-5-15-8/h3-5,9H,6-7H2,1-2H3,(H,13,14). The van der Waals surface area contributed by atoms with Crippen molar-refractivity contribution in [3.8, 4) is 0 Å². The van der Waals surface area contributed by atoms with Gasteiger partial charge < -0.3 is 5.11 Å². The van der Waals surface area contributed by atoms with Gasteiger partial charge in [0.05, 0.1) is 0 Å². The van der Waals surface area contributed by atoms with Gasteiger partial charge in [-0.1, -0.05) is 19.9 Å². The fourth-order valence-electron chi connectivity index (χ4n) is 2.14. The second-order valence-corrected chi connectivity index (χ2v) is 5.80. The molecular weight excluding hydrogens is 210 g/mol. The molecule has 0 amide bonds. The average molecular weight is 225 g/mol. The van der Waals surface area contributed by atoms with Crippen LogP contribution in [0.2, 0.25) is 0 Å². The van der Waals surface area contributed by atoms with E-state index in [1.54, 1.807) is 0 Å². The summed E-state index contributed by atoms with van der Waals surface area (Å²) in [5, 5.41) is 11.1. The molecule has 1 aliphatic heterocycles. The van der Waals surface area contributed by atoms with Crippen LogP contribution in [0.5, 0.6) is 0 Å². The lowest BCUT2D eigenvalue weighted by Gasteiger charge is -2.48. The minimum absolute atomic E-state index is 0.269. The molecule has 1 atom stereocenters. The summed E-state index contributed by atoms with van der Waals surface area (Å²) < 4.78 is 0. The first-order valence-corrected chi connectivity index (χ1v) is 5.88. The highest BCUT2D eigenvalue weighted by Crippen LogP contribution is 2.37. The molecule has 0 radical (unpaired) electrons. The first-order chi connectivity index (χ1) is 6.99. The fourth-order valence-corrected chi connectivity index (χ4v) is 2.99. The normalized spacial score (nSPS) is 22.0. The van der Waals surface area contributed by atoms with Gasteiger partial charge in [-0.05, 0) is 16.9 Å². The molecule has 4 heteroatoms. The number of aliphatic carboxylic acids is 1. The minimum atomic E-state index is -0.743. The number of nitrogens with zero attached hydrogens (tertiary/aromatic N) is 1. The van der Waals surface area contributed by atoms with Crippen LogP contribution in [0.1, 0.15) is 24.8 Å². The summed E-state index contributed by atoms with van der Waals surface area (Å²) >= 11 is 1.51. The first kappa shape index (κ1) is 10.6. The van der Waals surface area contributed by atoms with Gasteiger partial charge in [0.2, 0.25) is 0 Å². The van der Waals surface area contributed by atoms with Gasteiger partial charge in [-0.2, -0.15) is 0 Å². The Bertz CT molecular complexity index is 351. The van der Waals surface area contributed by atoms with Crippen molar-refractivity contribution in [1.82, 2.24) is 4.90 Å². The lowest BCUT2D eigenvalue weighted by Crippen LogP contribution is -2.55.